The van der Waals surface area contributed by atoms with Gasteiger partial charge >= 0.3 is 0 Å². The number of nitrogen functional groups attached to an aromatic ring is 1. The third-order valence-electron chi connectivity index (χ3n) is 6.54. The number of halogens is 2. The number of nitrogens with two attached hydrogens (primary N) is 1. The van der Waals surface area contributed by atoms with Gasteiger partial charge in [0, 0.05) is 37.8 Å². The zero-order valence-electron chi connectivity index (χ0n) is 20.9. The molecule has 2 fully saturated rings. The Morgan fingerprint density at radius 2 is 1.82 bits per heavy atom. The van der Waals surface area contributed by atoms with E-state index in [-0.39, 0.29) is 34.7 Å². The van der Waals surface area contributed by atoms with E-state index in [2.05, 4.69) is 20.6 Å². The minimum Gasteiger partial charge on any atom is -0.476 e. The van der Waals surface area contributed by atoms with Crippen LogP contribution in [0.25, 0.3) is 0 Å². The number of nitrogens with one attached hydrogen (secondary N) is 2. The molecule has 5 rings (SSSR count). The largest absolute Gasteiger partial charge is 0.476 e. The lowest BCUT2D eigenvalue weighted by Crippen LogP contribution is -2.42. The van der Waals surface area contributed by atoms with E-state index in [1.807, 2.05) is 0 Å². The molecule has 14 heteroatoms. The molecule has 1 aliphatic heterocycles. The van der Waals surface area contributed by atoms with Crippen molar-refractivity contribution >= 4 is 38.1 Å². The van der Waals surface area contributed by atoms with Crippen molar-refractivity contribution in [3.63, 3.8) is 0 Å². The first-order valence-corrected chi connectivity index (χ1v) is 14.8. The molecule has 1 saturated heterocycles. The second-order valence-electron chi connectivity index (χ2n) is 9.39. The average Bonchev–Trinajstić information content (AvgIpc) is 3.67. The summed E-state index contributed by atoms with van der Waals surface area (Å²) in [6, 6.07) is 6.68. The molecule has 0 spiro atoms. The number of carbonyl (C=O) groups is 1. The minimum absolute atomic E-state index is 0.0689. The van der Waals surface area contributed by atoms with Gasteiger partial charge < -0.3 is 21.1 Å². The molecule has 0 unspecified atom stereocenters. The van der Waals surface area contributed by atoms with Crippen molar-refractivity contribution < 1.29 is 26.7 Å². The quantitative estimate of drug-likeness (QED) is 0.231. The molecule has 1 aromatic carbocycles. The maximum Gasteiger partial charge on any atom is 0.244 e. The first-order chi connectivity index (χ1) is 18.7. The number of sulfonamides is 1. The van der Waals surface area contributed by atoms with E-state index in [1.54, 1.807) is 6.07 Å². The summed E-state index contributed by atoms with van der Waals surface area (Å²) in [4.78, 5) is 21.0. The van der Waals surface area contributed by atoms with Crippen LogP contribution in [0.1, 0.15) is 40.9 Å². The van der Waals surface area contributed by atoms with Crippen molar-refractivity contribution in [3.05, 3.63) is 58.6 Å². The highest BCUT2D eigenvalue weighted by atomic mass is 32.2. The average molecular weight is 579 g/mol. The van der Waals surface area contributed by atoms with Crippen LogP contribution in [0.15, 0.2) is 41.4 Å². The van der Waals surface area contributed by atoms with Crippen LogP contribution in [0.5, 0.6) is 5.88 Å². The van der Waals surface area contributed by atoms with Crippen molar-refractivity contribution in [1.29, 1.82) is 0 Å². The molecule has 39 heavy (non-hydrogen) atoms. The molecule has 0 atom stereocenters. The van der Waals surface area contributed by atoms with E-state index in [4.69, 9.17) is 10.5 Å². The Kier molecular flexibility index (Phi) is 8.07. The van der Waals surface area contributed by atoms with Crippen molar-refractivity contribution in [2.75, 3.05) is 37.3 Å². The summed E-state index contributed by atoms with van der Waals surface area (Å²) >= 11 is 0.903. The van der Waals surface area contributed by atoms with E-state index in [1.165, 1.54) is 35.5 Å². The van der Waals surface area contributed by atoms with Gasteiger partial charge in [0.15, 0.2) is 5.13 Å². The first kappa shape index (κ1) is 27.4. The number of thiazole rings is 1. The van der Waals surface area contributed by atoms with Crippen LogP contribution in [-0.2, 0) is 10.0 Å². The molecular weight excluding hydrogens is 550 g/mol. The van der Waals surface area contributed by atoms with Crippen LogP contribution >= 0.6 is 11.3 Å². The van der Waals surface area contributed by atoms with E-state index in [0.29, 0.717) is 43.0 Å². The van der Waals surface area contributed by atoms with Crippen LogP contribution in [-0.4, -0.2) is 66.8 Å². The maximum absolute atomic E-state index is 14.1. The zero-order valence-corrected chi connectivity index (χ0v) is 22.5. The van der Waals surface area contributed by atoms with Crippen LogP contribution in [0.3, 0.4) is 0 Å². The molecule has 4 N–H and O–H groups in total. The Bertz CT molecular complexity index is 1420. The maximum atomic E-state index is 14.1. The predicted molar refractivity (Wildman–Crippen MR) is 142 cm³/mol. The molecule has 3 heterocycles. The molecule has 1 saturated carbocycles. The Labute approximate surface area is 228 Å². The zero-order chi connectivity index (χ0) is 27.6. The van der Waals surface area contributed by atoms with Gasteiger partial charge in [-0.2, -0.15) is 4.31 Å². The molecule has 10 nitrogen and oxygen atoms in total. The monoisotopic (exact) mass is 578 g/mol. The number of benzene rings is 1. The normalized spacial score (nSPS) is 16.8. The SMILES string of the molecule is Nc1nc(NC2CCN(S(=O)(=O)c3ccc(OCCNC4CC4)nc3)CC2)sc1C(=O)c1c(F)cccc1F. The van der Waals surface area contributed by atoms with Gasteiger partial charge in [-0.05, 0) is 43.9 Å². The van der Waals surface area contributed by atoms with Crippen LogP contribution in [0.4, 0.5) is 19.7 Å². The second-order valence-corrected chi connectivity index (χ2v) is 12.3. The van der Waals surface area contributed by atoms with Gasteiger partial charge in [0.2, 0.25) is 21.7 Å². The molecule has 1 aliphatic carbocycles. The number of pyridine rings is 1. The molecule has 0 bridgehead atoms. The lowest BCUT2D eigenvalue weighted by Gasteiger charge is -2.31. The lowest BCUT2D eigenvalue weighted by atomic mass is 10.1. The van der Waals surface area contributed by atoms with Gasteiger partial charge in [0.05, 0.1) is 11.8 Å². The van der Waals surface area contributed by atoms with Crippen molar-refractivity contribution in [3.8, 4) is 5.88 Å². The first-order valence-electron chi connectivity index (χ1n) is 12.6. The van der Waals surface area contributed by atoms with Crippen molar-refractivity contribution in [2.24, 2.45) is 0 Å². The predicted octanol–water partition coefficient (Wildman–Crippen LogP) is 3.03. The summed E-state index contributed by atoms with van der Waals surface area (Å²) in [5.41, 5.74) is 5.19. The van der Waals surface area contributed by atoms with Crippen molar-refractivity contribution in [1.82, 2.24) is 19.6 Å². The standard InChI is InChI=1S/C25H28F2N6O4S2/c26-18-2-1-3-19(27)21(18)22(34)23-24(28)32-25(38-23)31-16-8-11-33(12-9-16)39(35,36)17-6-7-20(30-14-17)37-13-10-29-15-4-5-15/h1-3,6-7,14-16,29H,4-5,8-13,28H2,(H,31,32). The van der Waals surface area contributed by atoms with E-state index in [9.17, 15) is 22.0 Å². The van der Waals surface area contributed by atoms with Crippen LogP contribution in [0, 0.1) is 11.6 Å². The topological polar surface area (TPSA) is 140 Å². The molecule has 208 valence electrons. The van der Waals surface area contributed by atoms with Crippen LogP contribution < -0.4 is 21.1 Å². The fourth-order valence-corrected chi connectivity index (χ4v) is 6.58. The summed E-state index contributed by atoms with van der Waals surface area (Å²) in [6.45, 7) is 1.69. The van der Waals surface area contributed by atoms with Gasteiger partial charge in [-0.25, -0.2) is 27.2 Å². The highest BCUT2D eigenvalue weighted by Gasteiger charge is 2.31. The van der Waals surface area contributed by atoms with Gasteiger partial charge in [-0.3, -0.25) is 4.79 Å². The van der Waals surface area contributed by atoms with Gasteiger partial charge in [-0.1, -0.05) is 17.4 Å². The van der Waals surface area contributed by atoms with Crippen molar-refractivity contribution in [2.45, 2.75) is 42.7 Å². The van der Waals surface area contributed by atoms with Gasteiger partial charge in [-0.15, -0.1) is 0 Å². The number of rotatable bonds is 11. The fraction of sp³-hybridized carbons (Fsp3) is 0.400. The van der Waals surface area contributed by atoms with Crippen LogP contribution in [0.2, 0.25) is 0 Å². The van der Waals surface area contributed by atoms with Gasteiger partial charge in [0.25, 0.3) is 0 Å². The third-order valence-corrected chi connectivity index (χ3v) is 9.42. The van der Waals surface area contributed by atoms with E-state index < -0.39 is 33.0 Å². The molecule has 2 aliphatic rings. The highest BCUT2D eigenvalue weighted by Crippen LogP contribution is 2.31. The number of carbonyl (C=O) groups excluding carboxylic acids is 1. The number of ketones is 1. The number of hydrogen-bond donors (Lipinski definition) is 3. The Balaban J connectivity index is 1.15. The Morgan fingerprint density at radius 1 is 1.10 bits per heavy atom. The molecule has 0 radical (unpaired) electrons. The fourth-order valence-electron chi connectivity index (χ4n) is 4.26. The smallest absolute Gasteiger partial charge is 0.244 e. The summed E-state index contributed by atoms with van der Waals surface area (Å²) < 4.78 is 61.3. The number of aromatic nitrogens is 2. The summed E-state index contributed by atoms with van der Waals surface area (Å²) in [6.07, 6.45) is 4.65. The minimum atomic E-state index is -3.73. The van der Waals surface area contributed by atoms with E-state index in [0.717, 1.165) is 23.5 Å². The molecular formula is C25H28F2N6O4S2. The number of nitrogens with zero attached hydrogens (tertiary/aromatic N) is 3. The molecule has 0 amide bonds. The molecule has 3 aromatic rings. The number of ether oxygens (including phenoxy) is 1. The number of anilines is 2. The summed E-state index contributed by atoms with van der Waals surface area (Å²) in [5, 5.41) is 6.82. The Morgan fingerprint density at radius 3 is 2.46 bits per heavy atom. The third kappa shape index (κ3) is 6.35. The lowest BCUT2D eigenvalue weighted by molar-refractivity contribution is 0.103. The summed E-state index contributed by atoms with van der Waals surface area (Å²) in [7, 11) is -3.73. The Hall–Kier alpha value is -3.20. The molecule has 2 aromatic heterocycles. The number of hydrogen-bond acceptors (Lipinski definition) is 10. The van der Waals surface area contributed by atoms with E-state index >= 15 is 0 Å². The second kappa shape index (κ2) is 11.5. The number of piperidine rings is 1. The highest BCUT2D eigenvalue weighted by molar-refractivity contribution is 7.89. The van der Waals surface area contributed by atoms with Gasteiger partial charge in [0.1, 0.15) is 33.8 Å². The summed E-state index contributed by atoms with van der Waals surface area (Å²) in [5.74, 6) is -2.60.